The summed E-state index contributed by atoms with van der Waals surface area (Å²) in [4.78, 5) is 0. The van der Waals surface area contributed by atoms with E-state index in [1.807, 2.05) is 20.8 Å². The molecule has 0 aliphatic heterocycles. The molecule has 0 unspecified atom stereocenters. The van der Waals surface area contributed by atoms with Crippen LogP contribution in [0.5, 0.6) is 0 Å². The maximum atomic E-state index is 8.75. The van der Waals surface area contributed by atoms with Crippen LogP contribution in [-0.2, 0) is 0 Å². The molecule has 1 N–H and O–H groups in total. The lowest BCUT2D eigenvalue weighted by Gasteiger charge is -2.16. The maximum Gasteiger partial charge on any atom is 0.0491 e. The van der Waals surface area contributed by atoms with E-state index in [9.17, 15) is 0 Å². The van der Waals surface area contributed by atoms with Crippen LogP contribution in [0.1, 0.15) is 27.2 Å². The summed E-state index contributed by atoms with van der Waals surface area (Å²) >= 11 is 0. The highest BCUT2D eigenvalue weighted by Crippen LogP contribution is 2.17. The molecule has 1 nitrogen and oxygen atoms in total. The van der Waals surface area contributed by atoms with Gasteiger partial charge in [-0.25, -0.2) is 0 Å². The summed E-state index contributed by atoms with van der Waals surface area (Å²) < 4.78 is 0. The third kappa shape index (κ3) is 4.05. The molecule has 0 rings (SSSR count). The zero-order valence-corrected chi connectivity index (χ0v) is 6.36. The van der Waals surface area contributed by atoms with Gasteiger partial charge in [0.2, 0.25) is 0 Å². The fourth-order valence-electron chi connectivity index (χ4n) is 0.384. The Hall–Kier alpha value is -0.480. The first-order chi connectivity index (χ1) is 4.12. The number of aliphatic hydroxyl groups excluding tert-OH is 1. The third-order valence-electron chi connectivity index (χ3n) is 1.17. The molecule has 0 heterocycles. The molecule has 1 heteroatoms. The number of hydrogen-bond donors (Lipinski definition) is 1. The highest BCUT2D eigenvalue weighted by Gasteiger charge is 2.13. The van der Waals surface area contributed by atoms with Crippen LogP contribution in [0.4, 0.5) is 0 Å². The summed E-state index contributed by atoms with van der Waals surface area (Å²) in [5.41, 5.74) is -0.0248. The lowest BCUT2D eigenvalue weighted by molar-refractivity contribution is 0.164. The summed E-state index contributed by atoms with van der Waals surface area (Å²) in [6.07, 6.45) is 0.778. The minimum absolute atomic E-state index is 0.0248. The molecule has 9 heavy (non-hydrogen) atoms. The standard InChI is InChI=1S/C8H14O/c1-4-5-6-8(2,3)7-9/h9H,6-7H2,1-3H3. The van der Waals surface area contributed by atoms with Gasteiger partial charge in [-0.1, -0.05) is 13.8 Å². The summed E-state index contributed by atoms with van der Waals surface area (Å²) in [5, 5.41) is 8.75. The lowest BCUT2D eigenvalue weighted by Crippen LogP contribution is -2.15. The normalized spacial score (nSPS) is 10.2. The molecule has 0 bridgehead atoms. The number of hydrogen-bond acceptors (Lipinski definition) is 1. The molecule has 0 aromatic heterocycles. The first kappa shape index (κ1) is 8.52. The second kappa shape index (κ2) is 3.53. The van der Waals surface area contributed by atoms with Crippen molar-refractivity contribution < 1.29 is 5.11 Å². The molecule has 0 saturated heterocycles. The van der Waals surface area contributed by atoms with Crippen LogP contribution in [0.25, 0.3) is 0 Å². The predicted molar refractivity (Wildman–Crippen MR) is 38.9 cm³/mol. The summed E-state index contributed by atoms with van der Waals surface area (Å²) in [6.45, 7) is 6.02. The van der Waals surface area contributed by atoms with Gasteiger partial charge < -0.3 is 5.11 Å². The monoisotopic (exact) mass is 126 g/mol. The average molecular weight is 126 g/mol. The predicted octanol–water partition coefficient (Wildman–Crippen LogP) is 1.42. The van der Waals surface area contributed by atoms with E-state index < -0.39 is 0 Å². The fourth-order valence-corrected chi connectivity index (χ4v) is 0.384. The first-order valence-corrected chi connectivity index (χ1v) is 3.13. The van der Waals surface area contributed by atoms with Gasteiger partial charge in [-0.2, -0.15) is 0 Å². The van der Waals surface area contributed by atoms with E-state index >= 15 is 0 Å². The van der Waals surface area contributed by atoms with E-state index in [0.29, 0.717) is 0 Å². The summed E-state index contributed by atoms with van der Waals surface area (Å²) in [7, 11) is 0. The SMILES string of the molecule is CC#CCC(C)(C)CO. The van der Waals surface area contributed by atoms with Gasteiger partial charge in [-0.15, -0.1) is 11.8 Å². The molecule has 0 amide bonds. The zero-order valence-electron chi connectivity index (χ0n) is 6.36. The van der Waals surface area contributed by atoms with Crippen molar-refractivity contribution in [3.05, 3.63) is 0 Å². The van der Waals surface area contributed by atoms with E-state index in [2.05, 4.69) is 11.8 Å². The van der Waals surface area contributed by atoms with Gasteiger partial charge in [0.1, 0.15) is 0 Å². The third-order valence-corrected chi connectivity index (χ3v) is 1.17. The summed E-state index contributed by atoms with van der Waals surface area (Å²) in [5.74, 6) is 5.73. The minimum atomic E-state index is -0.0248. The van der Waals surface area contributed by atoms with Crippen LogP contribution in [0.2, 0.25) is 0 Å². The van der Waals surface area contributed by atoms with E-state index in [1.54, 1.807) is 0 Å². The van der Waals surface area contributed by atoms with E-state index in [4.69, 9.17) is 5.11 Å². The van der Waals surface area contributed by atoms with Gasteiger partial charge in [0.15, 0.2) is 0 Å². The van der Waals surface area contributed by atoms with Gasteiger partial charge in [0.25, 0.3) is 0 Å². The second-order valence-electron chi connectivity index (χ2n) is 2.93. The number of aliphatic hydroxyl groups is 1. The Morgan fingerprint density at radius 3 is 2.33 bits per heavy atom. The Balaban J connectivity index is 3.67. The van der Waals surface area contributed by atoms with Crippen molar-refractivity contribution in [2.24, 2.45) is 5.41 Å². The van der Waals surface area contributed by atoms with Crippen LogP contribution in [0, 0.1) is 17.3 Å². The molecular formula is C8H14O. The van der Waals surface area contributed by atoms with Crippen LogP contribution in [-0.4, -0.2) is 11.7 Å². The molecule has 0 aromatic carbocycles. The van der Waals surface area contributed by atoms with Gasteiger partial charge in [-0.3, -0.25) is 0 Å². The van der Waals surface area contributed by atoms with Crippen LogP contribution in [0.15, 0.2) is 0 Å². The van der Waals surface area contributed by atoms with Crippen molar-refractivity contribution in [1.82, 2.24) is 0 Å². The highest BCUT2D eigenvalue weighted by molar-refractivity contribution is 4.98. The number of rotatable bonds is 2. The lowest BCUT2D eigenvalue weighted by atomic mass is 9.91. The van der Waals surface area contributed by atoms with Gasteiger partial charge in [0, 0.05) is 13.0 Å². The average Bonchev–Trinajstić information content (AvgIpc) is 1.84. The van der Waals surface area contributed by atoms with E-state index in [-0.39, 0.29) is 12.0 Å². The van der Waals surface area contributed by atoms with Crippen molar-refractivity contribution in [1.29, 1.82) is 0 Å². The fraction of sp³-hybridized carbons (Fsp3) is 0.750. The van der Waals surface area contributed by atoms with Crippen LogP contribution < -0.4 is 0 Å². The zero-order chi connectivity index (χ0) is 7.33. The first-order valence-electron chi connectivity index (χ1n) is 3.13. The Morgan fingerprint density at radius 1 is 1.44 bits per heavy atom. The van der Waals surface area contributed by atoms with Crippen LogP contribution in [0.3, 0.4) is 0 Å². The topological polar surface area (TPSA) is 20.2 Å². The van der Waals surface area contributed by atoms with E-state index in [0.717, 1.165) is 6.42 Å². The molecule has 0 aromatic rings. The molecule has 52 valence electrons. The van der Waals surface area contributed by atoms with Crippen molar-refractivity contribution >= 4 is 0 Å². The Labute approximate surface area is 57.1 Å². The molecule has 0 atom stereocenters. The van der Waals surface area contributed by atoms with Crippen molar-refractivity contribution in [2.45, 2.75) is 27.2 Å². The molecule has 0 fully saturated rings. The molecule has 0 radical (unpaired) electrons. The van der Waals surface area contributed by atoms with Crippen LogP contribution >= 0.6 is 0 Å². The molecule has 0 aliphatic rings. The minimum Gasteiger partial charge on any atom is -0.396 e. The Morgan fingerprint density at radius 2 is 2.00 bits per heavy atom. The Kier molecular flexibility index (Phi) is 3.34. The molecule has 0 saturated carbocycles. The van der Waals surface area contributed by atoms with Crippen molar-refractivity contribution in [3.8, 4) is 11.8 Å². The molecule has 0 aliphatic carbocycles. The Bertz CT molecular complexity index is 125. The smallest absolute Gasteiger partial charge is 0.0491 e. The quantitative estimate of drug-likeness (QED) is 0.555. The van der Waals surface area contributed by atoms with E-state index in [1.165, 1.54) is 0 Å². The molecular weight excluding hydrogens is 112 g/mol. The van der Waals surface area contributed by atoms with Gasteiger partial charge >= 0.3 is 0 Å². The van der Waals surface area contributed by atoms with Gasteiger partial charge in [0.05, 0.1) is 0 Å². The molecule has 0 spiro atoms. The second-order valence-corrected chi connectivity index (χ2v) is 2.93. The largest absolute Gasteiger partial charge is 0.396 e. The van der Waals surface area contributed by atoms with Crippen molar-refractivity contribution in [3.63, 3.8) is 0 Å². The summed E-state index contributed by atoms with van der Waals surface area (Å²) in [6, 6.07) is 0. The van der Waals surface area contributed by atoms with Gasteiger partial charge in [-0.05, 0) is 12.3 Å². The van der Waals surface area contributed by atoms with Crippen molar-refractivity contribution in [2.75, 3.05) is 6.61 Å². The maximum absolute atomic E-state index is 8.75. The highest BCUT2D eigenvalue weighted by atomic mass is 16.3.